The molecule has 1 aromatic heterocycles. The molecule has 0 fully saturated rings. The normalized spacial score (nSPS) is 18.0. The fraction of sp³-hybridized carbons (Fsp3) is 0.333. The van der Waals surface area contributed by atoms with E-state index in [-0.39, 0.29) is 5.92 Å². The predicted octanol–water partition coefficient (Wildman–Crippen LogP) is 2.59. The molecule has 1 aliphatic rings. The Morgan fingerprint density at radius 1 is 1.29 bits per heavy atom. The molecule has 1 unspecified atom stereocenters. The Hall–Kier alpha value is -1.37. The molecule has 112 valence electrons. The molecule has 3 rings (SSSR count). The zero-order valence-electron chi connectivity index (χ0n) is 11.7. The van der Waals surface area contributed by atoms with Crippen LogP contribution in [-0.2, 0) is 16.4 Å². The lowest BCUT2D eigenvalue weighted by atomic mass is 9.97. The summed E-state index contributed by atoms with van der Waals surface area (Å²) < 4.78 is 33.1. The predicted molar refractivity (Wildman–Crippen MR) is 83.4 cm³/mol. The molecule has 1 aromatic carbocycles. The van der Waals surface area contributed by atoms with Crippen LogP contribution in [0.25, 0.3) is 0 Å². The minimum absolute atomic E-state index is 0.163. The van der Waals surface area contributed by atoms with E-state index >= 15 is 0 Å². The first-order valence-corrected chi connectivity index (χ1v) is 9.11. The van der Waals surface area contributed by atoms with Gasteiger partial charge < -0.3 is 4.74 Å². The van der Waals surface area contributed by atoms with Gasteiger partial charge in [0.05, 0.1) is 6.61 Å². The number of nitrogens with one attached hydrogen (secondary N) is 1. The number of benzene rings is 1. The van der Waals surface area contributed by atoms with Gasteiger partial charge in [-0.25, -0.2) is 13.1 Å². The van der Waals surface area contributed by atoms with E-state index in [0.717, 1.165) is 22.6 Å². The highest BCUT2D eigenvalue weighted by Gasteiger charge is 2.23. The summed E-state index contributed by atoms with van der Waals surface area (Å²) in [5.41, 5.74) is 1.14. The van der Waals surface area contributed by atoms with Crippen LogP contribution in [0.5, 0.6) is 5.75 Å². The SMILES string of the molecule is Cc1ccc(S(=O)(=O)NCC2COc3ccccc3C2)s1. The van der Waals surface area contributed by atoms with Gasteiger partial charge in [0, 0.05) is 17.3 Å². The van der Waals surface area contributed by atoms with E-state index in [1.54, 1.807) is 6.07 Å². The van der Waals surface area contributed by atoms with Gasteiger partial charge in [-0.3, -0.25) is 0 Å². The Morgan fingerprint density at radius 3 is 2.86 bits per heavy atom. The number of fused-ring (bicyclic) bond motifs is 1. The summed E-state index contributed by atoms with van der Waals surface area (Å²) in [6, 6.07) is 11.4. The average molecular weight is 323 g/mol. The second kappa shape index (κ2) is 5.79. The molecule has 0 saturated carbocycles. The molecule has 2 aromatic rings. The smallest absolute Gasteiger partial charge is 0.250 e. The van der Waals surface area contributed by atoms with Crippen molar-refractivity contribution >= 4 is 21.4 Å². The van der Waals surface area contributed by atoms with E-state index in [9.17, 15) is 8.42 Å². The van der Waals surface area contributed by atoms with Crippen LogP contribution in [0.15, 0.2) is 40.6 Å². The van der Waals surface area contributed by atoms with Gasteiger partial charge in [-0.15, -0.1) is 11.3 Å². The highest BCUT2D eigenvalue weighted by molar-refractivity contribution is 7.91. The van der Waals surface area contributed by atoms with Crippen molar-refractivity contribution in [1.29, 1.82) is 0 Å². The number of para-hydroxylation sites is 1. The summed E-state index contributed by atoms with van der Waals surface area (Å²) >= 11 is 1.29. The van der Waals surface area contributed by atoms with E-state index in [1.165, 1.54) is 11.3 Å². The van der Waals surface area contributed by atoms with Crippen LogP contribution in [0, 0.1) is 12.8 Å². The summed E-state index contributed by atoms with van der Waals surface area (Å²) in [6.07, 6.45) is 0.835. The number of hydrogen-bond donors (Lipinski definition) is 1. The molecule has 0 spiro atoms. The van der Waals surface area contributed by atoms with Crippen LogP contribution in [0.1, 0.15) is 10.4 Å². The number of hydrogen-bond acceptors (Lipinski definition) is 4. The van der Waals surface area contributed by atoms with Crippen molar-refractivity contribution in [2.75, 3.05) is 13.2 Å². The quantitative estimate of drug-likeness (QED) is 0.941. The molecule has 1 atom stereocenters. The molecule has 6 heteroatoms. The molecule has 0 aliphatic carbocycles. The standard InChI is InChI=1S/C15H17NO3S2/c1-11-6-7-15(20-11)21(17,18)16-9-12-8-13-4-2-3-5-14(13)19-10-12/h2-7,12,16H,8-10H2,1H3. The van der Waals surface area contributed by atoms with Gasteiger partial charge in [0.15, 0.2) is 0 Å². The number of ether oxygens (including phenoxy) is 1. The fourth-order valence-corrected chi connectivity index (χ4v) is 4.82. The Bertz CT molecular complexity index is 737. The first kappa shape index (κ1) is 14.6. The Kier molecular flexibility index (Phi) is 4.01. The maximum absolute atomic E-state index is 12.2. The molecule has 1 N–H and O–H groups in total. The molecule has 1 aliphatic heterocycles. The van der Waals surface area contributed by atoms with Gasteiger partial charge in [-0.05, 0) is 37.1 Å². The van der Waals surface area contributed by atoms with Gasteiger partial charge in [0.1, 0.15) is 9.96 Å². The minimum atomic E-state index is -3.40. The Balaban J connectivity index is 1.64. The first-order chi connectivity index (χ1) is 10.0. The van der Waals surface area contributed by atoms with Crippen LogP contribution in [0.2, 0.25) is 0 Å². The van der Waals surface area contributed by atoms with Crippen molar-refractivity contribution in [1.82, 2.24) is 4.72 Å². The van der Waals surface area contributed by atoms with Crippen molar-refractivity contribution in [2.45, 2.75) is 17.6 Å². The van der Waals surface area contributed by atoms with Gasteiger partial charge in [0.25, 0.3) is 0 Å². The highest BCUT2D eigenvalue weighted by atomic mass is 32.2. The van der Waals surface area contributed by atoms with Crippen LogP contribution >= 0.6 is 11.3 Å². The maximum Gasteiger partial charge on any atom is 0.250 e. The summed E-state index contributed by atoms with van der Waals surface area (Å²) in [5, 5.41) is 0. The zero-order valence-corrected chi connectivity index (χ0v) is 13.3. The van der Waals surface area contributed by atoms with E-state index in [0.29, 0.717) is 17.4 Å². The second-order valence-electron chi connectivity index (χ2n) is 5.21. The van der Waals surface area contributed by atoms with Crippen LogP contribution in [0.4, 0.5) is 0 Å². The van der Waals surface area contributed by atoms with E-state index in [4.69, 9.17) is 4.74 Å². The summed E-state index contributed by atoms with van der Waals surface area (Å²) in [5.74, 6) is 1.07. The van der Waals surface area contributed by atoms with Crippen molar-refractivity contribution in [3.8, 4) is 5.75 Å². The third-order valence-electron chi connectivity index (χ3n) is 3.50. The molecule has 0 bridgehead atoms. The zero-order chi connectivity index (χ0) is 14.9. The molecule has 2 heterocycles. The van der Waals surface area contributed by atoms with E-state index in [1.807, 2.05) is 37.3 Å². The first-order valence-electron chi connectivity index (χ1n) is 6.81. The van der Waals surface area contributed by atoms with Gasteiger partial charge in [-0.2, -0.15) is 0 Å². The Labute approximate surface area is 128 Å². The van der Waals surface area contributed by atoms with Gasteiger partial charge in [0.2, 0.25) is 10.0 Å². The summed E-state index contributed by atoms with van der Waals surface area (Å²) in [7, 11) is -3.40. The van der Waals surface area contributed by atoms with Gasteiger partial charge >= 0.3 is 0 Å². The van der Waals surface area contributed by atoms with Crippen molar-refractivity contribution < 1.29 is 13.2 Å². The molecular formula is C15H17NO3S2. The second-order valence-corrected chi connectivity index (χ2v) is 8.49. The van der Waals surface area contributed by atoms with Crippen molar-refractivity contribution in [2.24, 2.45) is 5.92 Å². The number of rotatable bonds is 4. The Morgan fingerprint density at radius 2 is 2.10 bits per heavy atom. The van der Waals surface area contributed by atoms with Crippen LogP contribution < -0.4 is 9.46 Å². The molecule has 0 radical (unpaired) electrons. The monoisotopic (exact) mass is 323 g/mol. The molecule has 0 saturated heterocycles. The lowest BCUT2D eigenvalue weighted by Gasteiger charge is -2.25. The third kappa shape index (κ3) is 3.28. The van der Waals surface area contributed by atoms with Crippen molar-refractivity contribution in [3.63, 3.8) is 0 Å². The van der Waals surface area contributed by atoms with Crippen LogP contribution in [0.3, 0.4) is 0 Å². The van der Waals surface area contributed by atoms with Gasteiger partial charge in [-0.1, -0.05) is 18.2 Å². The maximum atomic E-state index is 12.2. The molecule has 0 amide bonds. The molecular weight excluding hydrogens is 306 g/mol. The summed E-state index contributed by atoms with van der Waals surface area (Å²) in [4.78, 5) is 0.991. The lowest BCUT2D eigenvalue weighted by molar-refractivity contribution is 0.223. The molecule has 4 nitrogen and oxygen atoms in total. The van der Waals surface area contributed by atoms with Crippen LogP contribution in [-0.4, -0.2) is 21.6 Å². The number of sulfonamides is 1. The largest absolute Gasteiger partial charge is 0.493 e. The number of thiophene rings is 1. The topological polar surface area (TPSA) is 55.4 Å². The minimum Gasteiger partial charge on any atom is -0.493 e. The fourth-order valence-electron chi connectivity index (χ4n) is 2.38. The summed E-state index contributed by atoms with van der Waals surface area (Å²) in [6.45, 7) is 2.84. The lowest BCUT2D eigenvalue weighted by Crippen LogP contribution is -2.34. The van der Waals surface area contributed by atoms with E-state index in [2.05, 4.69) is 4.72 Å². The highest BCUT2D eigenvalue weighted by Crippen LogP contribution is 2.27. The molecule has 21 heavy (non-hydrogen) atoms. The van der Waals surface area contributed by atoms with Crippen molar-refractivity contribution in [3.05, 3.63) is 46.8 Å². The average Bonchev–Trinajstić information content (AvgIpc) is 2.92. The number of aryl methyl sites for hydroxylation is 1. The van der Waals surface area contributed by atoms with E-state index < -0.39 is 10.0 Å². The third-order valence-corrected chi connectivity index (χ3v) is 6.41.